The number of nitrogens with one attached hydrogen (secondary N) is 2. The van der Waals surface area contributed by atoms with E-state index in [1.54, 1.807) is 60.4 Å². The van der Waals surface area contributed by atoms with Gasteiger partial charge < -0.3 is 15.8 Å². The number of carbonyl (C=O) groups excluding carboxylic acids is 2. The summed E-state index contributed by atoms with van der Waals surface area (Å²) in [6.45, 7) is 1.96. The van der Waals surface area contributed by atoms with Crippen molar-refractivity contribution in [1.82, 2.24) is 5.32 Å². The molecule has 4 aromatic rings. The van der Waals surface area contributed by atoms with Crippen molar-refractivity contribution < 1.29 is 27.5 Å². The van der Waals surface area contributed by atoms with Crippen LogP contribution < -0.4 is 20.7 Å². The number of nitrogens with zero attached hydrogens (tertiary/aromatic N) is 3. The molecule has 0 saturated heterocycles. The maximum absolute atomic E-state index is 14.1. The Kier molecular flexibility index (Phi) is 10.9. The van der Waals surface area contributed by atoms with Crippen LogP contribution >= 0.6 is 0 Å². The van der Waals surface area contributed by atoms with Gasteiger partial charge >= 0.3 is 12.4 Å². The Bertz CT molecular complexity index is 1870. The molecule has 3 amide bonds. The topological polar surface area (TPSA) is 133 Å². The summed E-state index contributed by atoms with van der Waals surface area (Å²) in [4.78, 5) is 31.5. The molecule has 12 heteroatoms. The summed E-state index contributed by atoms with van der Waals surface area (Å²) < 4.78 is 42.9. The van der Waals surface area contributed by atoms with Gasteiger partial charge in [-0.2, -0.15) is 4.99 Å². The molecule has 4 aromatic carbocycles. The number of anilines is 1. The average molecular weight is 669 g/mol. The van der Waals surface area contributed by atoms with Gasteiger partial charge in [-0.15, -0.1) is 18.3 Å². The molecule has 9 nitrogen and oxygen atoms in total. The van der Waals surface area contributed by atoms with Crippen LogP contribution in [0.1, 0.15) is 65.7 Å². The monoisotopic (exact) mass is 668 g/mol. The van der Waals surface area contributed by atoms with E-state index in [0.717, 1.165) is 30.4 Å². The normalized spacial score (nSPS) is 14.0. The van der Waals surface area contributed by atoms with Crippen molar-refractivity contribution in [3.8, 4) is 16.9 Å². The van der Waals surface area contributed by atoms with E-state index in [9.17, 15) is 22.8 Å². The number of allylic oxidation sites excluding steroid dienone is 2. The van der Waals surface area contributed by atoms with Crippen LogP contribution in [0.3, 0.4) is 0 Å². The fraction of sp³-hybridized carbons (Fsp3) is 0.216. The van der Waals surface area contributed by atoms with E-state index < -0.39 is 30.3 Å². The molecule has 0 spiro atoms. The van der Waals surface area contributed by atoms with Crippen LogP contribution in [0.25, 0.3) is 16.7 Å². The number of ether oxygens (including phenoxy) is 1. The lowest BCUT2D eigenvalue weighted by molar-refractivity contribution is -0.274. The first-order valence-electron chi connectivity index (χ1n) is 15.7. The zero-order valence-electron chi connectivity index (χ0n) is 26.7. The highest BCUT2D eigenvalue weighted by Crippen LogP contribution is 2.33. The van der Waals surface area contributed by atoms with Gasteiger partial charge in [-0.3, -0.25) is 9.69 Å². The van der Waals surface area contributed by atoms with E-state index in [2.05, 4.69) is 26.2 Å². The van der Waals surface area contributed by atoms with E-state index in [-0.39, 0.29) is 17.9 Å². The van der Waals surface area contributed by atoms with Gasteiger partial charge in [0.1, 0.15) is 5.75 Å². The van der Waals surface area contributed by atoms with Crippen LogP contribution in [-0.4, -0.2) is 24.3 Å². The van der Waals surface area contributed by atoms with Crippen molar-refractivity contribution in [2.24, 2.45) is 15.8 Å². The Morgan fingerprint density at radius 3 is 2.37 bits per heavy atom. The predicted octanol–water partition coefficient (Wildman–Crippen LogP) is 9.17. The number of alkyl halides is 3. The second kappa shape index (κ2) is 15.4. The Labute approximate surface area is 281 Å². The van der Waals surface area contributed by atoms with E-state index in [1.807, 2.05) is 30.3 Å². The van der Waals surface area contributed by atoms with Crippen LogP contribution in [0, 0.1) is 5.53 Å². The number of aliphatic imine (C=N–C) groups is 1. The standard InChI is InChI=1S/C37H35F3N6O3/c1-24(32-12-5-6-13-33(32)29-10-7-11-31(22-29)49-37(38,39)40)43-36(48)46(30-20-18-27(19-21-30)26-8-3-2-4-9-26)23-25-14-16-28(17-15-25)34(47)44-35(41)45-42/h5-8,10-22,24,42H,2-4,9,23H2,1H3,(H,43,48)(H2,41,44,47). The Hall–Kier alpha value is -5.78. The molecule has 49 heavy (non-hydrogen) atoms. The number of guanidine groups is 1. The lowest BCUT2D eigenvalue weighted by Crippen LogP contribution is -2.41. The maximum Gasteiger partial charge on any atom is 0.573 e. The van der Waals surface area contributed by atoms with E-state index >= 15 is 0 Å². The van der Waals surface area contributed by atoms with Gasteiger partial charge in [0.25, 0.3) is 5.91 Å². The highest BCUT2D eigenvalue weighted by molar-refractivity contribution is 6.02. The molecule has 0 heterocycles. The second-order valence-electron chi connectivity index (χ2n) is 11.5. The summed E-state index contributed by atoms with van der Waals surface area (Å²) in [5.41, 5.74) is 18.1. The van der Waals surface area contributed by atoms with Gasteiger partial charge in [0.2, 0.25) is 5.96 Å². The lowest BCUT2D eigenvalue weighted by Gasteiger charge is -2.27. The number of carbonyl (C=O) groups is 2. The fourth-order valence-electron chi connectivity index (χ4n) is 5.70. The van der Waals surface area contributed by atoms with E-state index in [4.69, 9.17) is 11.3 Å². The number of halogens is 3. The third-order valence-corrected chi connectivity index (χ3v) is 8.10. The van der Waals surface area contributed by atoms with Crippen LogP contribution in [0.2, 0.25) is 0 Å². The number of amides is 3. The summed E-state index contributed by atoms with van der Waals surface area (Å²) in [5.74, 6) is -1.45. The van der Waals surface area contributed by atoms with Gasteiger partial charge in [0.15, 0.2) is 0 Å². The SMILES string of the molecule is CC(NC(=O)N(Cc1ccc(C(=O)N=C(N)N=N)cc1)c1ccc(C2=CCCCC2)cc1)c1ccccc1-c1cccc(OC(F)(F)F)c1. The van der Waals surface area contributed by atoms with Crippen molar-refractivity contribution >= 4 is 29.2 Å². The first-order valence-corrected chi connectivity index (χ1v) is 15.7. The number of hydrogen-bond acceptors (Lipinski definition) is 4. The molecule has 1 aliphatic rings. The van der Waals surface area contributed by atoms with Crippen LogP contribution in [0.4, 0.5) is 23.7 Å². The van der Waals surface area contributed by atoms with Gasteiger partial charge in [-0.1, -0.05) is 66.7 Å². The molecule has 5 rings (SSSR count). The van der Waals surface area contributed by atoms with E-state index in [1.165, 1.54) is 30.2 Å². The van der Waals surface area contributed by atoms with Crippen LogP contribution in [-0.2, 0) is 6.54 Å². The molecule has 0 radical (unpaired) electrons. The van der Waals surface area contributed by atoms with Crippen molar-refractivity contribution in [2.45, 2.75) is 51.6 Å². The molecule has 4 N–H and O–H groups in total. The summed E-state index contributed by atoms with van der Waals surface area (Å²) >= 11 is 0. The number of hydrogen-bond donors (Lipinski definition) is 3. The van der Waals surface area contributed by atoms with Crippen molar-refractivity contribution in [3.05, 3.63) is 125 Å². The Balaban J connectivity index is 1.42. The third-order valence-electron chi connectivity index (χ3n) is 8.10. The maximum atomic E-state index is 14.1. The van der Waals surface area contributed by atoms with Gasteiger partial charge in [0, 0.05) is 11.3 Å². The minimum Gasteiger partial charge on any atom is -0.406 e. The molecule has 0 fully saturated rings. The van der Waals surface area contributed by atoms with Crippen molar-refractivity contribution in [1.29, 1.82) is 5.53 Å². The minimum atomic E-state index is -4.83. The largest absolute Gasteiger partial charge is 0.573 e. The molecule has 0 bridgehead atoms. The lowest BCUT2D eigenvalue weighted by atomic mass is 9.93. The summed E-state index contributed by atoms with van der Waals surface area (Å²) in [6, 6.07) is 26.2. The molecule has 252 valence electrons. The zero-order chi connectivity index (χ0) is 35.0. The van der Waals surface area contributed by atoms with Gasteiger partial charge in [-0.05, 0) is 102 Å². The van der Waals surface area contributed by atoms with Gasteiger partial charge in [0.05, 0.1) is 12.6 Å². The smallest absolute Gasteiger partial charge is 0.406 e. The van der Waals surface area contributed by atoms with Gasteiger partial charge in [-0.25, -0.2) is 10.3 Å². The quantitative estimate of drug-likeness (QED) is 0.0932. The molecule has 0 saturated carbocycles. The molecular weight excluding hydrogens is 633 g/mol. The zero-order valence-corrected chi connectivity index (χ0v) is 26.7. The summed E-state index contributed by atoms with van der Waals surface area (Å²) in [7, 11) is 0. The summed E-state index contributed by atoms with van der Waals surface area (Å²) in [6.07, 6.45) is 1.78. The average Bonchev–Trinajstić information content (AvgIpc) is 3.10. The highest BCUT2D eigenvalue weighted by atomic mass is 19.4. The molecule has 1 aliphatic carbocycles. The highest BCUT2D eigenvalue weighted by Gasteiger charge is 2.31. The number of benzene rings is 4. The number of rotatable bonds is 9. The number of urea groups is 1. The second-order valence-corrected chi connectivity index (χ2v) is 11.5. The minimum absolute atomic E-state index is 0.154. The molecule has 1 atom stereocenters. The molecule has 0 aliphatic heterocycles. The third kappa shape index (κ3) is 9.19. The van der Waals surface area contributed by atoms with Crippen molar-refractivity contribution in [3.63, 3.8) is 0 Å². The summed E-state index contributed by atoms with van der Waals surface area (Å²) in [5, 5.41) is 6.00. The Morgan fingerprint density at radius 1 is 0.959 bits per heavy atom. The molecule has 0 aromatic heterocycles. The first kappa shape index (κ1) is 34.6. The van der Waals surface area contributed by atoms with E-state index in [0.29, 0.717) is 22.4 Å². The van der Waals surface area contributed by atoms with Crippen molar-refractivity contribution in [2.75, 3.05) is 4.90 Å². The Morgan fingerprint density at radius 2 is 1.69 bits per heavy atom. The predicted molar refractivity (Wildman–Crippen MR) is 182 cm³/mol. The molecular formula is C37H35F3N6O3. The number of nitrogens with two attached hydrogens (primary N) is 1. The fourth-order valence-corrected chi connectivity index (χ4v) is 5.70. The first-order chi connectivity index (χ1) is 23.5. The van der Waals surface area contributed by atoms with Crippen LogP contribution in [0.15, 0.2) is 113 Å². The molecule has 1 unspecified atom stereocenters. The van der Waals surface area contributed by atoms with Crippen LogP contribution in [0.5, 0.6) is 5.75 Å².